The Morgan fingerprint density at radius 2 is 1.82 bits per heavy atom. The zero-order valence-corrected chi connectivity index (χ0v) is 16.5. The Balaban J connectivity index is 2.09. The molecule has 0 saturated carbocycles. The number of nitrogens with zero attached hydrogens (tertiary/aromatic N) is 3. The van der Waals surface area contributed by atoms with Crippen LogP contribution in [0.2, 0.25) is 0 Å². The highest BCUT2D eigenvalue weighted by Crippen LogP contribution is 2.27. The number of rotatable bonds is 4. The molecule has 2 N–H and O–H groups in total. The maximum Gasteiger partial charge on any atom is 0.243 e. The van der Waals surface area contributed by atoms with Gasteiger partial charge in [0.1, 0.15) is 5.52 Å². The summed E-state index contributed by atoms with van der Waals surface area (Å²) in [5, 5.41) is 0. The molecule has 0 fully saturated rings. The molecule has 5 heteroatoms. The Hall–Kier alpha value is -3.21. The molecule has 28 heavy (non-hydrogen) atoms. The van der Waals surface area contributed by atoms with E-state index < -0.39 is 0 Å². The van der Waals surface area contributed by atoms with Crippen LogP contribution < -0.4 is 15.2 Å². The predicted octanol–water partition coefficient (Wildman–Crippen LogP) is 3.49. The van der Waals surface area contributed by atoms with Crippen molar-refractivity contribution in [3.05, 3.63) is 65.6 Å². The molecule has 1 unspecified atom stereocenters. The summed E-state index contributed by atoms with van der Waals surface area (Å²) in [5.41, 5.74) is 11.9. The summed E-state index contributed by atoms with van der Waals surface area (Å²) >= 11 is 0. The number of ketones is 1. The highest BCUT2D eigenvalue weighted by Gasteiger charge is 2.34. The smallest absolute Gasteiger partial charge is 0.243 e. The van der Waals surface area contributed by atoms with Crippen LogP contribution in [0.15, 0.2) is 54.2 Å². The molecule has 1 heterocycles. The van der Waals surface area contributed by atoms with E-state index in [-0.39, 0.29) is 11.7 Å². The molecule has 3 aromatic rings. The maximum atomic E-state index is 12.9. The summed E-state index contributed by atoms with van der Waals surface area (Å²) in [7, 11) is 0. The monoisotopic (exact) mass is 373 g/mol. The molecule has 5 nitrogen and oxygen atoms in total. The molecule has 1 aromatic heterocycles. The van der Waals surface area contributed by atoms with Crippen LogP contribution in [0, 0.1) is 5.92 Å². The van der Waals surface area contributed by atoms with Gasteiger partial charge in [-0.1, -0.05) is 18.2 Å². The lowest BCUT2D eigenvalue weighted by molar-refractivity contribution is -0.570. The van der Waals surface area contributed by atoms with Crippen LogP contribution in [0.4, 0.5) is 5.69 Å². The van der Waals surface area contributed by atoms with Crippen LogP contribution in [0.25, 0.3) is 22.8 Å². The van der Waals surface area contributed by atoms with Gasteiger partial charge in [-0.3, -0.25) is 4.79 Å². The topological polar surface area (TPSA) is 63.1 Å². The molecule has 0 spiro atoms. The minimum absolute atomic E-state index is 0.0330. The molecule has 0 amide bonds. The van der Waals surface area contributed by atoms with Crippen LogP contribution in [-0.4, -0.2) is 23.9 Å². The van der Waals surface area contributed by atoms with Gasteiger partial charge >= 0.3 is 0 Å². The lowest BCUT2D eigenvalue weighted by Gasteiger charge is -2.21. The second kappa shape index (κ2) is 7.08. The van der Waals surface area contributed by atoms with Crippen molar-refractivity contribution in [3.8, 4) is 5.69 Å². The maximum absolute atomic E-state index is 12.9. The van der Waals surface area contributed by atoms with Crippen molar-refractivity contribution >= 4 is 28.6 Å². The summed E-state index contributed by atoms with van der Waals surface area (Å²) in [6.07, 6.45) is 1.89. The normalized spacial score (nSPS) is 16.0. The van der Waals surface area contributed by atoms with Crippen molar-refractivity contribution in [3.63, 3.8) is 0 Å². The molecule has 142 valence electrons. The van der Waals surface area contributed by atoms with Gasteiger partial charge in [-0.2, -0.15) is 0 Å². The molecule has 0 radical (unpaired) electrons. The van der Waals surface area contributed by atoms with Gasteiger partial charge in [-0.05, 0) is 32.9 Å². The van der Waals surface area contributed by atoms with Gasteiger partial charge in [0.05, 0.1) is 5.92 Å². The fourth-order valence-electron chi connectivity index (χ4n) is 3.79. The number of nitrogens with two attached hydrogens (primary N) is 1. The van der Waals surface area contributed by atoms with Crippen LogP contribution in [-0.2, 0) is 0 Å². The van der Waals surface area contributed by atoms with Crippen molar-refractivity contribution in [1.82, 2.24) is 4.98 Å². The van der Waals surface area contributed by atoms with Crippen molar-refractivity contribution in [2.75, 3.05) is 18.0 Å². The Labute approximate surface area is 165 Å². The highest BCUT2D eigenvalue weighted by atomic mass is 16.1. The average molecular weight is 373 g/mol. The lowest BCUT2D eigenvalue weighted by atomic mass is 9.92. The number of para-hydroxylation sites is 1. The van der Waals surface area contributed by atoms with Crippen molar-refractivity contribution in [2.24, 2.45) is 11.7 Å². The second-order valence-corrected chi connectivity index (χ2v) is 7.09. The predicted molar refractivity (Wildman–Crippen MR) is 112 cm³/mol. The number of hydrogen-bond donors (Lipinski definition) is 1. The quantitative estimate of drug-likeness (QED) is 0.711. The zero-order chi connectivity index (χ0) is 19.8. The molecule has 0 saturated heterocycles. The van der Waals surface area contributed by atoms with Gasteiger partial charge in [-0.15, -0.1) is 4.57 Å². The van der Waals surface area contributed by atoms with E-state index in [1.54, 1.807) is 0 Å². The van der Waals surface area contributed by atoms with E-state index in [2.05, 4.69) is 35.4 Å². The van der Waals surface area contributed by atoms with E-state index in [1.807, 2.05) is 49.4 Å². The van der Waals surface area contributed by atoms with Crippen LogP contribution in [0.3, 0.4) is 0 Å². The Kier molecular flexibility index (Phi) is 4.59. The average Bonchev–Trinajstić information content (AvgIpc) is 2.72. The fourth-order valence-corrected chi connectivity index (χ4v) is 3.79. The molecule has 4 rings (SSSR count). The highest BCUT2D eigenvalue weighted by molar-refractivity contribution is 6.03. The number of benzene rings is 2. The number of anilines is 1. The van der Waals surface area contributed by atoms with E-state index in [9.17, 15) is 4.79 Å². The number of carbonyl (C=O) groups is 1. The first-order valence-electron chi connectivity index (χ1n) is 9.76. The molecule has 1 atom stereocenters. The van der Waals surface area contributed by atoms with Gasteiger partial charge in [-0.25, -0.2) is 4.98 Å². The molecule has 2 aromatic carbocycles. The van der Waals surface area contributed by atoms with Gasteiger partial charge in [0, 0.05) is 48.7 Å². The molecule has 0 aliphatic heterocycles. The first-order chi connectivity index (χ1) is 13.5. The minimum atomic E-state index is -0.350. The van der Waals surface area contributed by atoms with Crippen LogP contribution in [0.5, 0.6) is 0 Å². The van der Waals surface area contributed by atoms with Crippen molar-refractivity contribution < 1.29 is 9.36 Å². The van der Waals surface area contributed by atoms with Crippen LogP contribution in [0.1, 0.15) is 37.0 Å². The van der Waals surface area contributed by atoms with E-state index in [0.29, 0.717) is 11.4 Å². The van der Waals surface area contributed by atoms with Gasteiger partial charge < -0.3 is 10.6 Å². The third-order valence-electron chi connectivity index (χ3n) is 5.49. The number of allylic oxidation sites excluding steroid dienone is 1. The number of aromatic nitrogens is 2. The van der Waals surface area contributed by atoms with E-state index in [0.717, 1.165) is 41.2 Å². The first-order valence-corrected chi connectivity index (χ1v) is 9.76. The fraction of sp³-hybridized carbons (Fsp3) is 0.261. The van der Waals surface area contributed by atoms with E-state index in [1.165, 1.54) is 0 Å². The molecule has 1 aliphatic carbocycles. The summed E-state index contributed by atoms with van der Waals surface area (Å²) in [6, 6.07) is 16.3. The Bertz CT molecular complexity index is 1080. The Morgan fingerprint density at radius 1 is 1.11 bits per heavy atom. The standard InChI is InChI=1S/C23H24N4O/c1-4-26(5-2)17-11-12-19-20(13-17)27(16-9-7-6-8-10-16)21-14-18(24)15(3)23(28)22(21)25-19/h6-15,24H,4-5H2,1-3H3/p+1. The van der Waals surface area contributed by atoms with E-state index >= 15 is 0 Å². The number of fused-ring (bicyclic) bond motifs is 2. The van der Waals surface area contributed by atoms with Crippen molar-refractivity contribution in [1.29, 1.82) is 0 Å². The summed E-state index contributed by atoms with van der Waals surface area (Å²) < 4.78 is 2.10. The summed E-state index contributed by atoms with van der Waals surface area (Å²) in [4.78, 5) is 19.9. The minimum Gasteiger partial charge on any atom is -0.401 e. The number of Topliss-reactive ketones (excluding diaryl/α,β-unsaturated/α-hetero) is 1. The van der Waals surface area contributed by atoms with Gasteiger partial charge in [0.2, 0.25) is 16.9 Å². The summed E-state index contributed by atoms with van der Waals surface area (Å²) in [6.45, 7) is 7.98. The molecule has 0 bridgehead atoms. The third-order valence-corrected chi connectivity index (χ3v) is 5.49. The van der Waals surface area contributed by atoms with Gasteiger partial charge in [0.15, 0.2) is 11.5 Å². The second-order valence-electron chi connectivity index (χ2n) is 7.09. The molecular formula is C23H25N4O+. The van der Waals surface area contributed by atoms with Crippen molar-refractivity contribution in [2.45, 2.75) is 20.8 Å². The largest absolute Gasteiger partial charge is 0.401 e. The van der Waals surface area contributed by atoms with Gasteiger partial charge in [0.25, 0.3) is 0 Å². The molecular weight excluding hydrogens is 348 g/mol. The third kappa shape index (κ3) is 2.83. The number of hydrogen-bond acceptors (Lipinski definition) is 4. The van der Waals surface area contributed by atoms with Crippen LogP contribution >= 0.6 is 0 Å². The molecule has 1 aliphatic rings. The summed E-state index contributed by atoms with van der Waals surface area (Å²) in [5.74, 6) is -0.383. The lowest BCUT2D eigenvalue weighted by Crippen LogP contribution is -2.41. The number of carbonyl (C=O) groups excluding carboxylic acids is 1. The Morgan fingerprint density at radius 3 is 2.50 bits per heavy atom. The SMILES string of the molecule is CCN(CC)c1ccc2nc3c([n+](-c4ccccc4)c2c1)C=C(N)C(C)C3=O. The first kappa shape index (κ1) is 18.2. The zero-order valence-electron chi connectivity index (χ0n) is 16.5. The van der Waals surface area contributed by atoms with E-state index in [4.69, 9.17) is 10.7 Å².